The summed E-state index contributed by atoms with van der Waals surface area (Å²) in [5.41, 5.74) is -0.291. The lowest BCUT2D eigenvalue weighted by Crippen LogP contribution is -2.29. The van der Waals surface area contributed by atoms with Crippen molar-refractivity contribution in [1.29, 1.82) is 0 Å². The maximum absolute atomic E-state index is 12.2. The van der Waals surface area contributed by atoms with Gasteiger partial charge in [0.25, 0.3) is 0 Å². The van der Waals surface area contributed by atoms with E-state index in [1.807, 2.05) is 0 Å². The van der Waals surface area contributed by atoms with E-state index in [2.05, 4.69) is 5.32 Å². The number of rotatable bonds is 5. The van der Waals surface area contributed by atoms with Crippen LogP contribution < -0.4 is 10.9 Å². The van der Waals surface area contributed by atoms with Crippen LogP contribution in [-0.4, -0.2) is 23.5 Å². The number of phenols is 1. The maximum Gasteiger partial charge on any atom is 0.347 e. The molecule has 0 atom stereocenters. The van der Waals surface area contributed by atoms with Gasteiger partial charge in [-0.25, -0.2) is 4.79 Å². The summed E-state index contributed by atoms with van der Waals surface area (Å²) in [6.45, 7) is 0.580. The zero-order valence-electron chi connectivity index (χ0n) is 12.7. The average Bonchev–Trinajstić information content (AvgIpc) is 2.99. The van der Waals surface area contributed by atoms with Crippen molar-refractivity contribution in [3.05, 3.63) is 40.2 Å². The molecule has 1 aromatic heterocycles. The SMILES string of the molecule is Cl.O=C(CCNC1CCCC1)c1cc2ccc(O)cc2oc1=O. The molecule has 0 bridgehead atoms. The molecule has 5 nitrogen and oxygen atoms in total. The minimum Gasteiger partial charge on any atom is -0.508 e. The number of nitrogens with one attached hydrogen (secondary N) is 1. The molecule has 124 valence electrons. The van der Waals surface area contributed by atoms with Gasteiger partial charge in [-0.05, 0) is 31.0 Å². The highest BCUT2D eigenvalue weighted by Crippen LogP contribution is 2.20. The van der Waals surface area contributed by atoms with Crippen molar-refractivity contribution in [2.75, 3.05) is 6.54 Å². The molecule has 2 aromatic rings. The Kier molecular flexibility index (Phi) is 5.80. The summed E-state index contributed by atoms with van der Waals surface area (Å²) < 4.78 is 5.12. The van der Waals surface area contributed by atoms with Gasteiger partial charge in [0, 0.05) is 30.5 Å². The van der Waals surface area contributed by atoms with Crippen LogP contribution in [0, 0.1) is 0 Å². The number of Topliss-reactive ketones (excluding diaryl/α,β-unsaturated/α-hetero) is 1. The van der Waals surface area contributed by atoms with E-state index >= 15 is 0 Å². The van der Waals surface area contributed by atoms with Gasteiger partial charge in [-0.3, -0.25) is 4.79 Å². The predicted molar refractivity (Wildman–Crippen MR) is 90.6 cm³/mol. The molecule has 0 saturated heterocycles. The first-order chi connectivity index (χ1) is 10.6. The summed E-state index contributed by atoms with van der Waals surface area (Å²) in [7, 11) is 0. The van der Waals surface area contributed by atoms with Crippen molar-refractivity contribution in [3.8, 4) is 5.75 Å². The fraction of sp³-hybridized carbons (Fsp3) is 0.412. The normalized spacial score (nSPS) is 14.8. The number of hydrogen-bond donors (Lipinski definition) is 2. The summed E-state index contributed by atoms with van der Waals surface area (Å²) in [6, 6.07) is 6.54. The van der Waals surface area contributed by atoms with Gasteiger partial charge in [-0.15, -0.1) is 12.4 Å². The molecular weight excluding hydrogens is 318 g/mol. The smallest absolute Gasteiger partial charge is 0.347 e. The van der Waals surface area contributed by atoms with Crippen LogP contribution in [0.5, 0.6) is 5.75 Å². The highest BCUT2D eigenvalue weighted by atomic mass is 35.5. The monoisotopic (exact) mass is 337 g/mol. The van der Waals surface area contributed by atoms with E-state index in [1.165, 1.54) is 25.0 Å². The molecule has 3 rings (SSSR count). The third kappa shape index (κ3) is 4.12. The molecule has 0 unspecified atom stereocenters. The highest BCUT2D eigenvalue weighted by molar-refractivity contribution is 5.98. The van der Waals surface area contributed by atoms with E-state index in [-0.39, 0.29) is 41.5 Å². The van der Waals surface area contributed by atoms with E-state index in [1.54, 1.807) is 12.1 Å². The largest absolute Gasteiger partial charge is 0.508 e. The molecular formula is C17H20ClNO4. The van der Waals surface area contributed by atoms with E-state index in [4.69, 9.17) is 4.42 Å². The van der Waals surface area contributed by atoms with Crippen molar-refractivity contribution in [3.63, 3.8) is 0 Å². The van der Waals surface area contributed by atoms with Gasteiger partial charge in [-0.2, -0.15) is 0 Å². The van der Waals surface area contributed by atoms with Gasteiger partial charge in [0.15, 0.2) is 5.78 Å². The Morgan fingerprint density at radius 3 is 2.74 bits per heavy atom. The Balaban J connectivity index is 0.00000192. The lowest BCUT2D eigenvalue weighted by Gasteiger charge is -2.10. The summed E-state index contributed by atoms with van der Waals surface area (Å²) >= 11 is 0. The van der Waals surface area contributed by atoms with Crippen LogP contribution >= 0.6 is 12.4 Å². The number of aromatic hydroxyl groups is 1. The summed E-state index contributed by atoms with van der Waals surface area (Å²) in [5, 5.41) is 13.4. The van der Waals surface area contributed by atoms with Gasteiger partial charge in [0.1, 0.15) is 16.9 Å². The Morgan fingerprint density at radius 1 is 1.26 bits per heavy atom. The average molecular weight is 338 g/mol. The third-order valence-electron chi connectivity index (χ3n) is 4.16. The molecule has 2 N–H and O–H groups in total. The fourth-order valence-corrected chi connectivity index (χ4v) is 2.95. The molecule has 0 aliphatic heterocycles. The predicted octanol–water partition coefficient (Wildman–Crippen LogP) is 3.03. The molecule has 1 aromatic carbocycles. The van der Waals surface area contributed by atoms with Crippen LogP contribution in [0.25, 0.3) is 11.0 Å². The van der Waals surface area contributed by atoms with Crippen molar-refractivity contribution in [2.24, 2.45) is 0 Å². The number of ketones is 1. The molecule has 0 radical (unpaired) electrons. The van der Waals surface area contributed by atoms with E-state index in [0.29, 0.717) is 18.0 Å². The van der Waals surface area contributed by atoms with E-state index in [9.17, 15) is 14.7 Å². The Bertz CT molecular complexity index is 750. The van der Waals surface area contributed by atoms with Gasteiger partial charge in [0.05, 0.1) is 0 Å². The molecule has 6 heteroatoms. The number of hydrogen-bond acceptors (Lipinski definition) is 5. The fourth-order valence-electron chi connectivity index (χ4n) is 2.95. The van der Waals surface area contributed by atoms with Crippen molar-refractivity contribution < 1.29 is 14.3 Å². The number of carbonyl (C=O) groups is 1. The third-order valence-corrected chi connectivity index (χ3v) is 4.16. The first-order valence-electron chi connectivity index (χ1n) is 7.67. The van der Waals surface area contributed by atoms with Crippen LogP contribution in [0.2, 0.25) is 0 Å². The second kappa shape index (κ2) is 7.62. The van der Waals surface area contributed by atoms with Crippen molar-refractivity contribution in [1.82, 2.24) is 5.32 Å². The second-order valence-corrected chi connectivity index (χ2v) is 5.78. The summed E-state index contributed by atoms with van der Waals surface area (Å²) in [4.78, 5) is 24.1. The van der Waals surface area contributed by atoms with Crippen molar-refractivity contribution in [2.45, 2.75) is 38.1 Å². The quantitative estimate of drug-likeness (QED) is 0.647. The molecule has 0 spiro atoms. The first kappa shape index (κ1) is 17.5. The lowest BCUT2D eigenvalue weighted by molar-refractivity contribution is 0.0978. The Hall–Kier alpha value is -1.85. The number of phenolic OH excluding ortho intramolecular Hbond substituents is 1. The molecule has 1 heterocycles. The van der Waals surface area contributed by atoms with Crippen LogP contribution in [0.4, 0.5) is 0 Å². The number of benzene rings is 1. The number of fused-ring (bicyclic) bond motifs is 1. The van der Waals surface area contributed by atoms with Crippen molar-refractivity contribution >= 4 is 29.2 Å². The maximum atomic E-state index is 12.2. The molecule has 23 heavy (non-hydrogen) atoms. The Labute approximate surface area is 140 Å². The molecule has 1 fully saturated rings. The zero-order valence-corrected chi connectivity index (χ0v) is 13.5. The number of carbonyl (C=O) groups excluding carboxylic acids is 1. The van der Waals surface area contributed by atoms with Gasteiger partial charge >= 0.3 is 5.63 Å². The first-order valence-corrected chi connectivity index (χ1v) is 7.67. The number of halogens is 1. The summed E-state index contributed by atoms with van der Waals surface area (Å²) in [6.07, 6.45) is 5.09. The minimum atomic E-state index is -0.649. The second-order valence-electron chi connectivity index (χ2n) is 5.78. The minimum absolute atomic E-state index is 0. The van der Waals surface area contributed by atoms with Gasteiger partial charge < -0.3 is 14.8 Å². The van der Waals surface area contributed by atoms with Gasteiger partial charge in [-0.1, -0.05) is 12.8 Å². The zero-order chi connectivity index (χ0) is 15.5. The topological polar surface area (TPSA) is 79.5 Å². The van der Waals surface area contributed by atoms with Crippen LogP contribution in [-0.2, 0) is 0 Å². The van der Waals surface area contributed by atoms with E-state index < -0.39 is 5.63 Å². The summed E-state index contributed by atoms with van der Waals surface area (Å²) in [5.74, 6) is -0.190. The molecule has 1 aliphatic rings. The molecule has 0 amide bonds. The lowest BCUT2D eigenvalue weighted by atomic mass is 10.1. The van der Waals surface area contributed by atoms with E-state index in [0.717, 1.165) is 12.8 Å². The van der Waals surface area contributed by atoms with Crippen LogP contribution in [0.1, 0.15) is 42.5 Å². The standard InChI is InChI=1S/C17H19NO4.ClH/c19-13-6-5-11-9-14(17(21)22-16(11)10-13)15(20)7-8-18-12-3-1-2-4-12;/h5-6,9-10,12,18-19H,1-4,7-8H2;1H. The molecule has 1 saturated carbocycles. The Morgan fingerprint density at radius 2 is 2.00 bits per heavy atom. The highest BCUT2D eigenvalue weighted by Gasteiger charge is 2.17. The molecule has 1 aliphatic carbocycles. The van der Waals surface area contributed by atoms with Crippen LogP contribution in [0.15, 0.2) is 33.5 Å². The van der Waals surface area contributed by atoms with Crippen LogP contribution in [0.3, 0.4) is 0 Å². The van der Waals surface area contributed by atoms with Gasteiger partial charge in [0.2, 0.25) is 0 Å².